The van der Waals surface area contributed by atoms with E-state index in [1.807, 2.05) is 0 Å². The van der Waals surface area contributed by atoms with Crippen LogP contribution < -0.4 is 10.9 Å². The van der Waals surface area contributed by atoms with Crippen LogP contribution in [0.15, 0.2) is 47.3 Å². The topological polar surface area (TPSA) is 84.1 Å². The molecular weight excluding hydrogens is 497 g/mol. The monoisotopic (exact) mass is 521 g/mol. The molecule has 2 N–H and O–H groups in total. The lowest BCUT2D eigenvalue weighted by Gasteiger charge is -2.34. The van der Waals surface area contributed by atoms with Gasteiger partial charge in [-0.25, -0.2) is 13.8 Å². The van der Waals surface area contributed by atoms with Crippen LogP contribution in [0.2, 0.25) is 0 Å². The molecule has 1 aliphatic carbocycles. The van der Waals surface area contributed by atoms with Gasteiger partial charge in [0.15, 0.2) is 0 Å². The summed E-state index contributed by atoms with van der Waals surface area (Å²) in [6, 6.07) is 8.78. The van der Waals surface area contributed by atoms with Crippen LogP contribution in [0.25, 0.3) is 11.4 Å². The molecule has 0 bridgehead atoms. The normalized spacial score (nSPS) is 17.4. The molecule has 11 heteroatoms. The van der Waals surface area contributed by atoms with Gasteiger partial charge in [0, 0.05) is 29.8 Å². The smallest absolute Gasteiger partial charge is 0.373 e. The number of alkyl halides is 3. The number of ether oxygens (including phenoxy) is 1. The van der Waals surface area contributed by atoms with Gasteiger partial charge < -0.3 is 15.0 Å². The fourth-order valence-corrected chi connectivity index (χ4v) is 4.11. The molecular formula is C26H24F5N3O3. The van der Waals surface area contributed by atoms with E-state index in [1.54, 1.807) is 19.1 Å². The molecule has 1 heterocycles. The number of nitrogens with one attached hydrogen (secondary N) is 2. The molecule has 0 saturated heterocycles. The number of hydrogen-bond acceptors (Lipinski definition) is 4. The van der Waals surface area contributed by atoms with E-state index in [-0.39, 0.29) is 48.7 Å². The Labute approximate surface area is 208 Å². The molecule has 1 saturated carbocycles. The van der Waals surface area contributed by atoms with E-state index in [4.69, 9.17) is 4.74 Å². The van der Waals surface area contributed by atoms with Gasteiger partial charge in [0.2, 0.25) is 5.91 Å². The Morgan fingerprint density at radius 1 is 1.16 bits per heavy atom. The second-order valence-corrected chi connectivity index (χ2v) is 8.85. The molecule has 0 spiro atoms. The zero-order valence-electron chi connectivity index (χ0n) is 19.8. The molecule has 0 atom stereocenters. The molecule has 1 amide bonds. The summed E-state index contributed by atoms with van der Waals surface area (Å²) in [6.45, 7) is 1.51. The summed E-state index contributed by atoms with van der Waals surface area (Å²) in [5.74, 6) is -2.90. The standard InChI is InChI=1S/C26H24F5N3O3/c1-2-18-11-21(35)34-24(33-18)22-20(26(29,30)31)7-6-15(23(22)28)12-32-25(36)16-9-19(10-16)37-13-14-4-3-5-17(27)8-14/h3-8,11,16,19H,2,9-10,12-13H2,1H3,(H,32,36)(H,33,34,35). The number of carbonyl (C=O) groups is 1. The van der Waals surface area contributed by atoms with Crippen molar-refractivity contribution < 1.29 is 31.5 Å². The summed E-state index contributed by atoms with van der Waals surface area (Å²) in [6.07, 6.45) is -4.00. The molecule has 37 heavy (non-hydrogen) atoms. The van der Waals surface area contributed by atoms with E-state index in [0.29, 0.717) is 24.5 Å². The molecule has 0 radical (unpaired) electrons. The van der Waals surface area contributed by atoms with Crippen LogP contribution in [0.4, 0.5) is 22.0 Å². The third kappa shape index (κ3) is 6.22. The number of nitrogens with zero attached hydrogens (tertiary/aromatic N) is 1. The molecule has 0 aliphatic heterocycles. The first-order valence-corrected chi connectivity index (χ1v) is 11.7. The predicted molar refractivity (Wildman–Crippen MR) is 124 cm³/mol. The summed E-state index contributed by atoms with van der Waals surface area (Å²) >= 11 is 0. The number of aromatic amines is 1. The predicted octanol–water partition coefficient (Wildman–Crippen LogP) is 4.91. The molecule has 2 aromatic carbocycles. The third-order valence-electron chi connectivity index (χ3n) is 6.21. The summed E-state index contributed by atoms with van der Waals surface area (Å²) in [5, 5.41) is 2.56. The summed E-state index contributed by atoms with van der Waals surface area (Å²) in [7, 11) is 0. The zero-order valence-corrected chi connectivity index (χ0v) is 19.8. The van der Waals surface area contributed by atoms with Crippen molar-refractivity contribution in [2.75, 3.05) is 0 Å². The van der Waals surface area contributed by atoms with E-state index < -0.39 is 40.4 Å². The fraction of sp³-hybridized carbons (Fsp3) is 0.346. The summed E-state index contributed by atoms with van der Waals surface area (Å²) in [4.78, 5) is 30.6. The van der Waals surface area contributed by atoms with Crippen LogP contribution in [-0.4, -0.2) is 22.0 Å². The Morgan fingerprint density at radius 3 is 2.59 bits per heavy atom. The van der Waals surface area contributed by atoms with Gasteiger partial charge in [-0.05, 0) is 43.0 Å². The van der Waals surface area contributed by atoms with Crippen LogP contribution in [0.1, 0.15) is 42.1 Å². The molecule has 196 valence electrons. The van der Waals surface area contributed by atoms with Gasteiger partial charge in [0.25, 0.3) is 5.56 Å². The highest BCUT2D eigenvalue weighted by atomic mass is 19.4. The van der Waals surface area contributed by atoms with Gasteiger partial charge >= 0.3 is 6.18 Å². The van der Waals surface area contributed by atoms with E-state index in [9.17, 15) is 27.2 Å². The van der Waals surface area contributed by atoms with E-state index >= 15 is 4.39 Å². The lowest BCUT2D eigenvalue weighted by molar-refractivity contribution is -0.137. The molecule has 4 rings (SSSR count). The molecule has 1 fully saturated rings. The van der Waals surface area contributed by atoms with Crippen molar-refractivity contribution in [3.05, 3.63) is 86.8 Å². The van der Waals surface area contributed by atoms with Gasteiger partial charge in [0.1, 0.15) is 17.5 Å². The molecule has 6 nitrogen and oxygen atoms in total. The molecule has 1 aromatic heterocycles. The average molecular weight is 521 g/mol. The Balaban J connectivity index is 1.43. The minimum atomic E-state index is -4.90. The van der Waals surface area contributed by atoms with Crippen LogP contribution >= 0.6 is 0 Å². The van der Waals surface area contributed by atoms with E-state index in [0.717, 1.165) is 12.1 Å². The van der Waals surface area contributed by atoms with E-state index in [2.05, 4.69) is 15.3 Å². The van der Waals surface area contributed by atoms with E-state index in [1.165, 1.54) is 12.1 Å². The first kappa shape index (κ1) is 26.5. The van der Waals surface area contributed by atoms with Crippen molar-refractivity contribution in [1.29, 1.82) is 0 Å². The third-order valence-corrected chi connectivity index (χ3v) is 6.21. The first-order valence-electron chi connectivity index (χ1n) is 11.7. The second kappa shape index (κ2) is 10.8. The second-order valence-electron chi connectivity index (χ2n) is 8.85. The number of carbonyl (C=O) groups excluding carboxylic acids is 1. The fourth-order valence-electron chi connectivity index (χ4n) is 4.11. The summed E-state index contributed by atoms with van der Waals surface area (Å²) < 4.78 is 75.2. The maximum absolute atomic E-state index is 15.4. The quantitative estimate of drug-likeness (QED) is 0.413. The van der Waals surface area contributed by atoms with Crippen molar-refractivity contribution in [3.8, 4) is 11.4 Å². The van der Waals surface area contributed by atoms with Crippen LogP contribution in [0, 0.1) is 17.6 Å². The minimum Gasteiger partial charge on any atom is -0.373 e. The maximum Gasteiger partial charge on any atom is 0.417 e. The largest absolute Gasteiger partial charge is 0.417 e. The lowest BCUT2D eigenvalue weighted by Crippen LogP contribution is -2.42. The molecule has 1 aliphatic rings. The Kier molecular flexibility index (Phi) is 7.72. The first-order chi connectivity index (χ1) is 17.5. The van der Waals surface area contributed by atoms with Gasteiger partial charge in [-0.1, -0.05) is 25.1 Å². The SMILES string of the molecule is CCc1cc(=O)[nH]c(-c2c(C(F)(F)F)ccc(CNC(=O)C3CC(OCc4cccc(F)c4)C3)c2F)n1. The number of halogens is 5. The number of amides is 1. The van der Waals surface area contributed by atoms with Crippen molar-refractivity contribution in [1.82, 2.24) is 15.3 Å². The number of H-pyrrole nitrogens is 1. The van der Waals surface area contributed by atoms with Gasteiger partial charge in [0.05, 0.1) is 23.8 Å². The highest BCUT2D eigenvalue weighted by Gasteiger charge is 2.38. The van der Waals surface area contributed by atoms with Crippen molar-refractivity contribution in [2.24, 2.45) is 5.92 Å². The maximum atomic E-state index is 15.4. The highest BCUT2D eigenvalue weighted by Crippen LogP contribution is 2.38. The van der Waals surface area contributed by atoms with Crippen molar-refractivity contribution >= 4 is 5.91 Å². The van der Waals surface area contributed by atoms with Gasteiger partial charge in [-0.3, -0.25) is 9.59 Å². The average Bonchev–Trinajstić information content (AvgIpc) is 2.81. The Hall–Kier alpha value is -3.60. The van der Waals surface area contributed by atoms with Crippen LogP contribution in [0.3, 0.4) is 0 Å². The Bertz CT molecular complexity index is 1350. The lowest BCUT2D eigenvalue weighted by atomic mass is 9.81. The number of benzene rings is 2. The molecule has 3 aromatic rings. The number of aromatic nitrogens is 2. The van der Waals surface area contributed by atoms with Gasteiger partial charge in [-0.2, -0.15) is 13.2 Å². The number of hydrogen-bond donors (Lipinski definition) is 2. The number of rotatable bonds is 8. The highest BCUT2D eigenvalue weighted by molar-refractivity contribution is 5.79. The van der Waals surface area contributed by atoms with Crippen molar-refractivity contribution in [3.63, 3.8) is 0 Å². The Morgan fingerprint density at radius 2 is 1.92 bits per heavy atom. The van der Waals surface area contributed by atoms with Crippen LogP contribution in [0.5, 0.6) is 0 Å². The summed E-state index contributed by atoms with van der Waals surface area (Å²) in [5.41, 5.74) is -2.16. The zero-order chi connectivity index (χ0) is 26.7. The van der Waals surface area contributed by atoms with Crippen molar-refractivity contribution in [2.45, 2.75) is 51.6 Å². The molecule has 0 unspecified atom stereocenters. The van der Waals surface area contributed by atoms with Crippen LogP contribution in [-0.2, 0) is 35.3 Å². The number of aryl methyl sites for hydroxylation is 1. The minimum absolute atomic E-state index is 0.181. The van der Waals surface area contributed by atoms with Gasteiger partial charge in [-0.15, -0.1) is 0 Å².